The Morgan fingerprint density at radius 3 is 2.88 bits per heavy atom. The number of hydrogen-bond acceptors (Lipinski definition) is 4. The molecule has 0 radical (unpaired) electrons. The van der Waals surface area contributed by atoms with Crippen molar-refractivity contribution in [1.82, 2.24) is 9.97 Å². The summed E-state index contributed by atoms with van der Waals surface area (Å²) in [4.78, 5) is 8.36. The average molecular weight is 223 g/mol. The maximum Gasteiger partial charge on any atom is 0.129 e. The summed E-state index contributed by atoms with van der Waals surface area (Å²) in [7, 11) is 0. The normalized spacial score (nSPS) is 10.8. The van der Waals surface area contributed by atoms with Crippen molar-refractivity contribution in [3.63, 3.8) is 0 Å². The Morgan fingerprint density at radius 2 is 2.19 bits per heavy atom. The van der Waals surface area contributed by atoms with Gasteiger partial charge < -0.3 is 10.1 Å². The fourth-order valence-corrected chi connectivity index (χ4v) is 1.36. The first kappa shape index (κ1) is 12.9. The van der Waals surface area contributed by atoms with Crippen LogP contribution < -0.4 is 5.32 Å². The number of ether oxygens (including phenoxy) is 1. The van der Waals surface area contributed by atoms with E-state index < -0.39 is 0 Å². The van der Waals surface area contributed by atoms with Crippen molar-refractivity contribution in [3.05, 3.63) is 18.1 Å². The van der Waals surface area contributed by atoms with Crippen LogP contribution in [0.25, 0.3) is 0 Å². The molecule has 90 valence electrons. The van der Waals surface area contributed by atoms with Crippen LogP contribution in [0.4, 0.5) is 5.82 Å². The fraction of sp³-hybridized carbons (Fsp3) is 0.667. The van der Waals surface area contributed by atoms with Gasteiger partial charge in [-0.2, -0.15) is 0 Å². The largest absolute Gasteiger partial charge is 0.377 e. The van der Waals surface area contributed by atoms with Gasteiger partial charge in [0.2, 0.25) is 0 Å². The van der Waals surface area contributed by atoms with E-state index in [-0.39, 0.29) is 6.10 Å². The Hall–Kier alpha value is -1.16. The molecular weight excluding hydrogens is 202 g/mol. The zero-order chi connectivity index (χ0) is 11.8. The number of aromatic nitrogens is 2. The zero-order valence-corrected chi connectivity index (χ0v) is 10.4. The highest BCUT2D eigenvalue weighted by molar-refractivity contribution is 5.34. The Balaban J connectivity index is 2.33. The Labute approximate surface area is 97.5 Å². The van der Waals surface area contributed by atoms with E-state index >= 15 is 0 Å². The van der Waals surface area contributed by atoms with Crippen LogP contribution in [0.2, 0.25) is 0 Å². The monoisotopic (exact) mass is 223 g/mol. The van der Waals surface area contributed by atoms with E-state index in [0.29, 0.717) is 6.61 Å². The molecule has 1 aromatic heterocycles. The summed E-state index contributed by atoms with van der Waals surface area (Å²) in [5.41, 5.74) is 1.09. The van der Waals surface area contributed by atoms with Crippen LogP contribution in [0.5, 0.6) is 0 Å². The molecule has 0 fully saturated rings. The molecule has 0 aliphatic heterocycles. The molecule has 1 N–H and O–H groups in total. The number of hydrogen-bond donors (Lipinski definition) is 1. The van der Waals surface area contributed by atoms with Crippen molar-refractivity contribution in [1.29, 1.82) is 0 Å². The quantitative estimate of drug-likeness (QED) is 0.720. The fourth-order valence-electron chi connectivity index (χ4n) is 1.36. The molecule has 0 bridgehead atoms. The van der Waals surface area contributed by atoms with Gasteiger partial charge in [0, 0.05) is 18.3 Å². The molecule has 0 unspecified atom stereocenters. The molecule has 1 aromatic rings. The average Bonchev–Trinajstić information content (AvgIpc) is 2.25. The Morgan fingerprint density at radius 1 is 1.38 bits per heavy atom. The van der Waals surface area contributed by atoms with Crippen molar-refractivity contribution in [2.45, 2.75) is 39.7 Å². The molecule has 0 spiro atoms. The van der Waals surface area contributed by atoms with E-state index in [4.69, 9.17) is 4.74 Å². The Bertz CT molecular complexity index is 302. The standard InChI is InChI=1S/C12H21N3O/c1-4-5-11-8-12(15-9-14-11)13-6-7-16-10(2)3/h8-10H,4-7H2,1-3H3,(H,13,14,15). The molecule has 0 atom stereocenters. The van der Waals surface area contributed by atoms with Crippen LogP contribution in [-0.4, -0.2) is 29.2 Å². The lowest BCUT2D eigenvalue weighted by atomic mass is 10.2. The number of aryl methyl sites for hydroxylation is 1. The molecule has 0 aliphatic carbocycles. The van der Waals surface area contributed by atoms with Gasteiger partial charge in [-0.15, -0.1) is 0 Å². The molecule has 0 aromatic carbocycles. The van der Waals surface area contributed by atoms with Crippen LogP contribution in [-0.2, 0) is 11.2 Å². The predicted molar refractivity (Wildman–Crippen MR) is 65.6 cm³/mol. The van der Waals surface area contributed by atoms with Gasteiger partial charge in [0.05, 0.1) is 12.7 Å². The molecule has 4 heteroatoms. The van der Waals surface area contributed by atoms with E-state index in [1.165, 1.54) is 0 Å². The van der Waals surface area contributed by atoms with Crippen molar-refractivity contribution in [2.24, 2.45) is 0 Å². The van der Waals surface area contributed by atoms with E-state index in [2.05, 4.69) is 22.2 Å². The highest BCUT2D eigenvalue weighted by atomic mass is 16.5. The second kappa shape index (κ2) is 7.17. The van der Waals surface area contributed by atoms with Crippen molar-refractivity contribution in [3.8, 4) is 0 Å². The number of nitrogens with one attached hydrogen (secondary N) is 1. The van der Waals surface area contributed by atoms with Gasteiger partial charge in [0.25, 0.3) is 0 Å². The van der Waals surface area contributed by atoms with Gasteiger partial charge in [-0.05, 0) is 20.3 Å². The lowest BCUT2D eigenvalue weighted by Gasteiger charge is -2.09. The Kier molecular flexibility index (Phi) is 5.78. The highest BCUT2D eigenvalue weighted by Gasteiger charge is 1.98. The summed E-state index contributed by atoms with van der Waals surface area (Å²) < 4.78 is 5.44. The third-order valence-corrected chi connectivity index (χ3v) is 2.09. The third kappa shape index (κ3) is 5.07. The second-order valence-corrected chi connectivity index (χ2v) is 3.99. The number of nitrogens with zero attached hydrogens (tertiary/aromatic N) is 2. The van der Waals surface area contributed by atoms with Crippen LogP contribution in [0.3, 0.4) is 0 Å². The van der Waals surface area contributed by atoms with Gasteiger partial charge in [-0.3, -0.25) is 0 Å². The molecule has 0 amide bonds. The topological polar surface area (TPSA) is 47.0 Å². The van der Waals surface area contributed by atoms with E-state index in [1.54, 1.807) is 6.33 Å². The van der Waals surface area contributed by atoms with Crippen LogP contribution in [0.1, 0.15) is 32.9 Å². The SMILES string of the molecule is CCCc1cc(NCCOC(C)C)ncn1. The minimum absolute atomic E-state index is 0.280. The summed E-state index contributed by atoms with van der Waals surface area (Å²) >= 11 is 0. The number of rotatable bonds is 7. The van der Waals surface area contributed by atoms with Crippen molar-refractivity contribution < 1.29 is 4.74 Å². The number of anilines is 1. The van der Waals surface area contributed by atoms with Gasteiger partial charge in [0.1, 0.15) is 12.1 Å². The molecule has 0 saturated carbocycles. The zero-order valence-electron chi connectivity index (χ0n) is 10.4. The molecule has 1 rings (SSSR count). The molecule has 0 aliphatic rings. The molecule has 1 heterocycles. The lowest BCUT2D eigenvalue weighted by Crippen LogP contribution is -2.14. The summed E-state index contributed by atoms with van der Waals surface area (Å²) in [6, 6.07) is 2.00. The van der Waals surface area contributed by atoms with E-state index in [1.807, 2.05) is 19.9 Å². The predicted octanol–water partition coefficient (Wildman–Crippen LogP) is 2.27. The van der Waals surface area contributed by atoms with Gasteiger partial charge >= 0.3 is 0 Å². The molecule has 16 heavy (non-hydrogen) atoms. The maximum atomic E-state index is 5.44. The summed E-state index contributed by atoms with van der Waals surface area (Å²) in [5.74, 6) is 0.880. The van der Waals surface area contributed by atoms with Gasteiger partial charge in [-0.1, -0.05) is 13.3 Å². The van der Waals surface area contributed by atoms with E-state index in [0.717, 1.165) is 30.9 Å². The molecule has 4 nitrogen and oxygen atoms in total. The van der Waals surface area contributed by atoms with Crippen LogP contribution >= 0.6 is 0 Å². The van der Waals surface area contributed by atoms with Crippen molar-refractivity contribution >= 4 is 5.82 Å². The maximum absolute atomic E-state index is 5.44. The van der Waals surface area contributed by atoms with Gasteiger partial charge in [0.15, 0.2) is 0 Å². The van der Waals surface area contributed by atoms with Crippen LogP contribution in [0.15, 0.2) is 12.4 Å². The third-order valence-electron chi connectivity index (χ3n) is 2.09. The smallest absolute Gasteiger partial charge is 0.129 e. The first-order valence-corrected chi connectivity index (χ1v) is 5.88. The van der Waals surface area contributed by atoms with Crippen molar-refractivity contribution in [2.75, 3.05) is 18.5 Å². The van der Waals surface area contributed by atoms with E-state index in [9.17, 15) is 0 Å². The summed E-state index contributed by atoms with van der Waals surface area (Å²) in [5, 5.41) is 3.22. The molecule has 0 saturated heterocycles. The van der Waals surface area contributed by atoms with Crippen LogP contribution in [0, 0.1) is 0 Å². The molecular formula is C12H21N3O. The lowest BCUT2D eigenvalue weighted by molar-refractivity contribution is 0.0870. The minimum atomic E-state index is 0.280. The second-order valence-electron chi connectivity index (χ2n) is 3.99. The highest BCUT2D eigenvalue weighted by Crippen LogP contribution is 2.05. The minimum Gasteiger partial charge on any atom is -0.377 e. The first-order chi connectivity index (χ1) is 7.72. The van der Waals surface area contributed by atoms with Gasteiger partial charge in [-0.25, -0.2) is 9.97 Å². The summed E-state index contributed by atoms with van der Waals surface area (Å²) in [6.07, 6.45) is 3.99. The first-order valence-electron chi connectivity index (χ1n) is 5.88. The summed E-state index contributed by atoms with van der Waals surface area (Å²) in [6.45, 7) is 7.69.